The Bertz CT molecular complexity index is 1740. The maximum absolute atomic E-state index is 14.0. The molecule has 50 heavy (non-hydrogen) atoms. The van der Waals surface area contributed by atoms with E-state index in [0.717, 1.165) is 17.7 Å². The summed E-state index contributed by atoms with van der Waals surface area (Å²) in [5.41, 5.74) is 0.186. The van der Waals surface area contributed by atoms with Crippen LogP contribution in [0, 0.1) is 23.0 Å². The monoisotopic (exact) mass is 716 g/mol. The molecule has 3 aromatic carbocycles. The smallest absolute Gasteiger partial charge is 0.243 e. The zero-order chi connectivity index (χ0) is 36.6. The Kier molecular flexibility index (Phi) is 12.9. The van der Waals surface area contributed by atoms with Crippen molar-refractivity contribution in [1.82, 2.24) is 20.3 Å². The van der Waals surface area contributed by atoms with Crippen molar-refractivity contribution in [2.45, 2.75) is 70.7 Å². The van der Waals surface area contributed by atoms with E-state index in [2.05, 4.69) is 16.0 Å². The van der Waals surface area contributed by atoms with Crippen molar-refractivity contribution in [2.75, 3.05) is 26.4 Å². The first kappa shape index (κ1) is 38.7. The number of fused-ring (bicyclic) bond motifs is 1. The van der Waals surface area contributed by atoms with E-state index in [1.807, 2.05) is 44.2 Å². The number of carbonyl (C=O) groups excluding carboxylic acids is 2. The second-order valence-corrected chi connectivity index (χ2v) is 15.7. The fraction of sp³-hybridized carbons (Fsp3) is 0.444. The number of amides is 2. The van der Waals surface area contributed by atoms with Crippen LogP contribution in [0.2, 0.25) is 0 Å². The third kappa shape index (κ3) is 10.5. The molecule has 11 nitrogen and oxygen atoms in total. The van der Waals surface area contributed by atoms with Crippen molar-refractivity contribution in [3.05, 3.63) is 89.5 Å². The van der Waals surface area contributed by atoms with E-state index in [0.29, 0.717) is 11.5 Å². The molecule has 1 heterocycles. The molecule has 0 bridgehead atoms. The topological polar surface area (TPSA) is 146 Å². The lowest BCUT2D eigenvalue weighted by Gasteiger charge is -2.34. The van der Waals surface area contributed by atoms with Crippen molar-refractivity contribution >= 4 is 21.8 Å². The molecule has 0 saturated heterocycles. The van der Waals surface area contributed by atoms with Gasteiger partial charge in [0.25, 0.3) is 0 Å². The molecule has 2 amide bonds. The number of sulfonamides is 1. The number of ether oxygens (including phenoxy) is 2. The molecule has 0 radical (unpaired) electrons. The van der Waals surface area contributed by atoms with Crippen molar-refractivity contribution in [3.63, 3.8) is 0 Å². The minimum absolute atomic E-state index is 0.0172. The highest BCUT2D eigenvalue weighted by atomic mass is 32.2. The molecule has 3 atom stereocenters. The van der Waals surface area contributed by atoms with Crippen molar-refractivity contribution < 1.29 is 41.4 Å². The molecular weight excluding hydrogens is 670 g/mol. The van der Waals surface area contributed by atoms with Crippen LogP contribution in [-0.2, 0) is 32.6 Å². The first-order valence-corrected chi connectivity index (χ1v) is 17.8. The molecular formula is C36H46F2N4O7S. The normalized spacial score (nSPS) is 14.8. The lowest BCUT2D eigenvalue weighted by Crippen LogP contribution is -2.59. The zero-order valence-corrected chi connectivity index (χ0v) is 29.7. The van der Waals surface area contributed by atoms with Crippen LogP contribution in [0.25, 0.3) is 0 Å². The summed E-state index contributed by atoms with van der Waals surface area (Å²) < 4.78 is 67.0. The molecule has 14 heteroatoms. The Balaban J connectivity index is 1.52. The molecule has 4 rings (SSSR count). The van der Waals surface area contributed by atoms with Gasteiger partial charge in [0.2, 0.25) is 28.6 Å². The molecule has 4 N–H and O–H groups in total. The number of hydrogen-bond donors (Lipinski definition) is 4. The van der Waals surface area contributed by atoms with E-state index in [9.17, 15) is 31.9 Å². The SMILES string of the molecule is CC(C)CN(C[C@@H](O)[C@H](Cc1ccccc1)NC(=O)[C@@H](NC(=O)CNCc1ccc(F)cc1F)C(C)(C)C)S(=O)(=O)c1ccc2c(c1)OCO2. The van der Waals surface area contributed by atoms with Gasteiger partial charge >= 0.3 is 0 Å². The van der Waals surface area contributed by atoms with Crippen LogP contribution in [0.5, 0.6) is 11.5 Å². The highest BCUT2D eigenvalue weighted by Gasteiger charge is 2.37. The fourth-order valence-electron chi connectivity index (χ4n) is 5.48. The fourth-order valence-corrected chi connectivity index (χ4v) is 7.12. The number of carbonyl (C=O) groups is 2. The first-order valence-electron chi connectivity index (χ1n) is 16.4. The number of halogens is 2. The van der Waals surface area contributed by atoms with Gasteiger partial charge in [0, 0.05) is 37.3 Å². The Morgan fingerprint density at radius 2 is 1.64 bits per heavy atom. The van der Waals surface area contributed by atoms with E-state index in [4.69, 9.17) is 9.47 Å². The zero-order valence-electron chi connectivity index (χ0n) is 28.9. The van der Waals surface area contributed by atoms with Gasteiger partial charge in [-0.15, -0.1) is 0 Å². The third-order valence-electron chi connectivity index (χ3n) is 8.08. The van der Waals surface area contributed by atoms with Crippen molar-refractivity contribution in [2.24, 2.45) is 11.3 Å². The summed E-state index contributed by atoms with van der Waals surface area (Å²) >= 11 is 0. The standard InChI is InChI=1S/C36H46F2N4O7S/c1-23(2)20-42(50(46,47)27-13-14-31-32(17-27)49-22-48-31)21-30(43)29(15-24-9-7-6-8-10-24)40-35(45)34(36(3,4)5)41-33(44)19-39-18-25-11-12-26(37)16-28(25)38/h6-14,16-17,23,29-30,34,39,43H,15,18-22H2,1-5H3,(H,40,45)(H,41,44)/t29-,30+,34+/m0/s1. The van der Waals surface area contributed by atoms with Crippen LogP contribution in [0.1, 0.15) is 45.7 Å². The Morgan fingerprint density at radius 1 is 0.940 bits per heavy atom. The van der Waals surface area contributed by atoms with Gasteiger partial charge in [-0.1, -0.05) is 71.0 Å². The van der Waals surface area contributed by atoms with Gasteiger partial charge in [-0.05, 0) is 41.5 Å². The minimum Gasteiger partial charge on any atom is -0.454 e. The Hall–Kier alpha value is -4.11. The summed E-state index contributed by atoms with van der Waals surface area (Å²) in [6, 6.07) is 14.6. The molecule has 0 saturated carbocycles. The average molecular weight is 717 g/mol. The van der Waals surface area contributed by atoms with Gasteiger partial charge < -0.3 is 30.5 Å². The molecule has 1 aliphatic heterocycles. The van der Waals surface area contributed by atoms with E-state index >= 15 is 0 Å². The van der Waals surface area contributed by atoms with Crippen LogP contribution in [0.3, 0.4) is 0 Å². The summed E-state index contributed by atoms with van der Waals surface area (Å²) in [6.45, 7) is 8.47. The predicted molar refractivity (Wildman–Crippen MR) is 184 cm³/mol. The van der Waals surface area contributed by atoms with Crippen LogP contribution < -0.4 is 25.4 Å². The number of rotatable bonds is 16. The van der Waals surface area contributed by atoms with Crippen LogP contribution in [0.4, 0.5) is 8.78 Å². The van der Waals surface area contributed by atoms with E-state index in [1.165, 1.54) is 28.6 Å². The predicted octanol–water partition coefficient (Wildman–Crippen LogP) is 3.75. The largest absolute Gasteiger partial charge is 0.454 e. The average Bonchev–Trinajstić information content (AvgIpc) is 3.52. The molecule has 0 aliphatic carbocycles. The summed E-state index contributed by atoms with van der Waals surface area (Å²) in [7, 11) is -4.12. The second kappa shape index (κ2) is 16.7. The molecule has 0 fully saturated rings. The van der Waals surface area contributed by atoms with Crippen LogP contribution >= 0.6 is 0 Å². The maximum Gasteiger partial charge on any atom is 0.243 e. The summed E-state index contributed by atoms with van der Waals surface area (Å²) in [5.74, 6) is -1.94. The summed E-state index contributed by atoms with van der Waals surface area (Å²) in [4.78, 5) is 26.8. The molecule has 0 unspecified atom stereocenters. The Labute approximate surface area is 292 Å². The molecule has 272 valence electrons. The molecule has 0 spiro atoms. The minimum atomic E-state index is -4.12. The quantitative estimate of drug-likeness (QED) is 0.176. The molecule has 3 aromatic rings. The van der Waals surface area contributed by atoms with E-state index in [-0.39, 0.29) is 55.8 Å². The summed E-state index contributed by atoms with van der Waals surface area (Å²) in [5, 5.41) is 20.1. The van der Waals surface area contributed by atoms with Gasteiger partial charge in [-0.2, -0.15) is 4.31 Å². The van der Waals surface area contributed by atoms with Gasteiger partial charge in [0.15, 0.2) is 11.5 Å². The molecule has 0 aromatic heterocycles. The third-order valence-corrected chi connectivity index (χ3v) is 9.91. The Morgan fingerprint density at radius 3 is 2.30 bits per heavy atom. The second-order valence-electron chi connectivity index (χ2n) is 13.8. The summed E-state index contributed by atoms with van der Waals surface area (Å²) in [6.07, 6.45) is -1.19. The lowest BCUT2D eigenvalue weighted by molar-refractivity contribution is -0.132. The first-order chi connectivity index (χ1) is 23.5. The number of aliphatic hydroxyl groups excluding tert-OH is 1. The number of aliphatic hydroxyl groups is 1. The number of hydrogen-bond acceptors (Lipinski definition) is 8. The van der Waals surface area contributed by atoms with Crippen LogP contribution in [0.15, 0.2) is 71.6 Å². The number of nitrogens with zero attached hydrogens (tertiary/aromatic N) is 1. The van der Waals surface area contributed by atoms with Crippen molar-refractivity contribution in [1.29, 1.82) is 0 Å². The van der Waals surface area contributed by atoms with Gasteiger partial charge in [0.1, 0.15) is 17.7 Å². The van der Waals surface area contributed by atoms with Crippen molar-refractivity contribution in [3.8, 4) is 11.5 Å². The highest BCUT2D eigenvalue weighted by Crippen LogP contribution is 2.35. The van der Waals surface area contributed by atoms with Gasteiger partial charge in [-0.25, -0.2) is 17.2 Å². The highest BCUT2D eigenvalue weighted by molar-refractivity contribution is 7.89. The van der Waals surface area contributed by atoms with Crippen LogP contribution in [-0.4, -0.2) is 74.3 Å². The number of benzene rings is 3. The molecule has 1 aliphatic rings. The van der Waals surface area contributed by atoms with Gasteiger partial charge in [-0.3, -0.25) is 9.59 Å². The van der Waals surface area contributed by atoms with E-state index < -0.39 is 57.1 Å². The lowest BCUT2D eigenvalue weighted by atomic mass is 9.85. The number of nitrogens with one attached hydrogen (secondary N) is 3. The van der Waals surface area contributed by atoms with E-state index in [1.54, 1.807) is 20.8 Å². The van der Waals surface area contributed by atoms with Gasteiger partial charge in [0.05, 0.1) is 23.6 Å². The maximum atomic E-state index is 14.0.